The molecular formula is C28H22N2O2. The second-order valence-electron chi connectivity index (χ2n) is 8.41. The van der Waals surface area contributed by atoms with E-state index in [-0.39, 0.29) is 0 Å². The molecule has 0 radical (unpaired) electrons. The summed E-state index contributed by atoms with van der Waals surface area (Å²) in [5.41, 5.74) is 6.58. The van der Waals surface area contributed by atoms with Crippen LogP contribution in [0.25, 0.3) is 49.4 Å². The number of ether oxygens (including phenoxy) is 1. The maximum atomic E-state index is 6.39. The summed E-state index contributed by atoms with van der Waals surface area (Å²) in [6.45, 7) is 3.45. The Labute approximate surface area is 185 Å². The average Bonchev–Trinajstić information content (AvgIpc) is 3.40. The number of furan rings is 1. The van der Waals surface area contributed by atoms with E-state index < -0.39 is 0 Å². The van der Waals surface area contributed by atoms with Crippen LogP contribution < -0.4 is 4.90 Å². The van der Waals surface area contributed by atoms with Gasteiger partial charge in [-0.05, 0) is 47.9 Å². The van der Waals surface area contributed by atoms with E-state index in [4.69, 9.17) is 9.15 Å². The first-order valence-corrected chi connectivity index (χ1v) is 11.1. The number of hydrogen-bond acceptors (Lipinski definition) is 3. The Hall–Kier alpha value is -3.76. The van der Waals surface area contributed by atoms with Crippen molar-refractivity contribution >= 4 is 49.4 Å². The van der Waals surface area contributed by atoms with E-state index in [2.05, 4.69) is 82.3 Å². The zero-order valence-electron chi connectivity index (χ0n) is 17.6. The normalized spacial score (nSPS) is 14.8. The molecule has 0 saturated carbocycles. The molecule has 0 atom stereocenters. The molecule has 4 heteroatoms. The fourth-order valence-electron chi connectivity index (χ4n) is 5.12. The molecule has 0 N–H and O–H groups in total. The summed E-state index contributed by atoms with van der Waals surface area (Å²) in [4.78, 5) is 2.39. The third kappa shape index (κ3) is 2.53. The fourth-order valence-corrected chi connectivity index (χ4v) is 5.12. The summed E-state index contributed by atoms with van der Waals surface area (Å²) in [5, 5.41) is 4.75. The highest BCUT2D eigenvalue weighted by Gasteiger charge is 2.21. The molecule has 156 valence electrons. The Kier molecular flexibility index (Phi) is 3.84. The Bertz CT molecular complexity index is 1600. The summed E-state index contributed by atoms with van der Waals surface area (Å²) in [6, 6.07) is 30.2. The highest BCUT2D eigenvalue weighted by Crippen LogP contribution is 2.41. The SMILES string of the molecule is c1ccc2c(c1)ccc1c3oc4ccccc4c3n(-c3ccc(N4CCOCC4)cc3)c21. The van der Waals surface area contributed by atoms with Gasteiger partial charge in [0.05, 0.1) is 18.7 Å². The first-order valence-electron chi connectivity index (χ1n) is 11.1. The topological polar surface area (TPSA) is 30.5 Å². The van der Waals surface area contributed by atoms with Gasteiger partial charge in [0.1, 0.15) is 11.1 Å². The number of anilines is 1. The van der Waals surface area contributed by atoms with Gasteiger partial charge in [0.25, 0.3) is 0 Å². The lowest BCUT2D eigenvalue weighted by Crippen LogP contribution is -2.36. The fraction of sp³-hybridized carbons (Fsp3) is 0.143. The summed E-state index contributed by atoms with van der Waals surface area (Å²) >= 11 is 0. The highest BCUT2D eigenvalue weighted by molar-refractivity contribution is 6.22. The third-order valence-electron chi connectivity index (χ3n) is 6.65. The van der Waals surface area contributed by atoms with Gasteiger partial charge in [0.2, 0.25) is 0 Å². The number of nitrogens with zero attached hydrogens (tertiary/aromatic N) is 2. The number of benzene rings is 4. The van der Waals surface area contributed by atoms with Crippen LogP contribution in [0, 0.1) is 0 Å². The van der Waals surface area contributed by atoms with Crippen LogP contribution in [0.4, 0.5) is 5.69 Å². The van der Waals surface area contributed by atoms with Gasteiger partial charge in [-0.1, -0.05) is 42.5 Å². The van der Waals surface area contributed by atoms with Crippen molar-refractivity contribution in [3.05, 3.63) is 84.9 Å². The van der Waals surface area contributed by atoms with Crippen LogP contribution in [0.2, 0.25) is 0 Å². The van der Waals surface area contributed by atoms with E-state index >= 15 is 0 Å². The second-order valence-corrected chi connectivity index (χ2v) is 8.41. The lowest BCUT2D eigenvalue weighted by atomic mass is 10.1. The molecule has 3 heterocycles. The van der Waals surface area contributed by atoms with E-state index in [0.717, 1.165) is 59.4 Å². The van der Waals surface area contributed by atoms with Gasteiger partial charge in [-0.25, -0.2) is 0 Å². The predicted molar refractivity (Wildman–Crippen MR) is 131 cm³/mol. The Morgan fingerprint density at radius 2 is 1.31 bits per heavy atom. The molecule has 2 aromatic heterocycles. The molecule has 1 aliphatic rings. The van der Waals surface area contributed by atoms with Gasteiger partial charge in [-0.2, -0.15) is 0 Å². The van der Waals surface area contributed by atoms with Crippen molar-refractivity contribution in [1.29, 1.82) is 0 Å². The van der Waals surface area contributed by atoms with Crippen LogP contribution in [0.3, 0.4) is 0 Å². The van der Waals surface area contributed by atoms with E-state index in [1.165, 1.54) is 22.0 Å². The van der Waals surface area contributed by atoms with E-state index in [0.29, 0.717) is 0 Å². The Morgan fingerprint density at radius 1 is 0.594 bits per heavy atom. The van der Waals surface area contributed by atoms with E-state index in [1.54, 1.807) is 0 Å². The van der Waals surface area contributed by atoms with E-state index in [9.17, 15) is 0 Å². The molecule has 32 heavy (non-hydrogen) atoms. The smallest absolute Gasteiger partial charge is 0.161 e. The Balaban J connectivity index is 1.54. The van der Waals surface area contributed by atoms with Crippen LogP contribution >= 0.6 is 0 Å². The molecule has 0 aliphatic carbocycles. The average molecular weight is 418 g/mol. The van der Waals surface area contributed by atoms with Gasteiger partial charge >= 0.3 is 0 Å². The second kappa shape index (κ2) is 6.87. The molecule has 6 aromatic rings. The van der Waals surface area contributed by atoms with Crippen LogP contribution in [0.1, 0.15) is 0 Å². The maximum Gasteiger partial charge on any atom is 0.161 e. The summed E-state index contributed by atoms with van der Waals surface area (Å²) < 4.78 is 14.3. The maximum absolute atomic E-state index is 6.39. The number of rotatable bonds is 2. The number of aromatic nitrogens is 1. The van der Waals surface area contributed by atoms with Gasteiger partial charge in [-0.15, -0.1) is 0 Å². The molecule has 0 bridgehead atoms. The van der Waals surface area contributed by atoms with Crippen molar-refractivity contribution in [2.75, 3.05) is 31.2 Å². The van der Waals surface area contributed by atoms with Crippen molar-refractivity contribution < 1.29 is 9.15 Å². The minimum atomic E-state index is 0.789. The molecule has 0 spiro atoms. The molecule has 1 aliphatic heterocycles. The summed E-state index contributed by atoms with van der Waals surface area (Å²) in [5.74, 6) is 0. The van der Waals surface area contributed by atoms with Gasteiger partial charge in [0, 0.05) is 40.6 Å². The number of fused-ring (bicyclic) bond motifs is 7. The van der Waals surface area contributed by atoms with Crippen molar-refractivity contribution in [1.82, 2.24) is 4.57 Å². The van der Waals surface area contributed by atoms with Gasteiger partial charge in [-0.3, -0.25) is 0 Å². The van der Waals surface area contributed by atoms with Crippen molar-refractivity contribution in [3.63, 3.8) is 0 Å². The van der Waals surface area contributed by atoms with Crippen molar-refractivity contribution in [3.8, 4) is 5.69 Å². The van der Waals surface area contributed by atoms with Crippen molar-refractivity contribution in [2.24, 2.45) is 0 Å². The van der Waals surface area contributed by atoms with Gasteiger partial charge < -0.3 is 18.6 Å². The van der Waals surface area contributed by atoms with Crippen molar-refractivity contribution in [2.45, 2.75) is 0 Å². The van der Waals surface area contributed by atoms with Crippen LogP contribution in [-0.4, -0.2) is 30.9 Å². The molecular weight excluding hydrogens is 396 g/mol. The molecule has 0 amide bonds. The molecule has 1 fully saturated rings. The first kappa shape index (κ1) is 17.9. The quantitative estimate of drug-likeness (QED) is 0.321. The monoisotopic (exact) mass is 418 g/mol. The van der Waals surface area contributed by atoms with Crippen LogP contribution in [-0.2, 0) is 4.74 Å². The predicted octanol–water partition coefficient (Wildman–Crippen LogP) is 6.52. The van der Waals surface area contributed by atoms with Crippen LogP contribution in [0.5, 0.6) is 0 Å². The lowest BCUT2D eigenvalue weighted by molar-refractivity contribution is 0.122. The zero-order valence-corrected chi connectivity index (χ0v) is 17.6. The molecule has 4 nitrogen and oxygen atoms in total. The Morgan fingerprint density at radius 3 is 2.16 bits per heavy atom. The minimum Gasteiger partial charge on any atom is -0.454 e. The van der Waals surface area contributed by atoms with Crippen LogP contribution in [0.15, 0.2) is 89.3 Å². The number of hydrogen-bond donors (Lipinski definition) is 0. The first-order chi connectivity index (χ1) is 15.9. The highest BCUT2D eigenvalue weighted by atomic mass is 16.5. The molecule has 0 unspecified atom stereocenters. The van der Waals surface area contributed by atoms with Gasteiger partial charge in [0.15, 0.2) is 5.58 Å². The molecule has 7 rings (SSSR count). The lowest BCUT2D eigenvalue weighted by Gasteiger charge is -2.29. The summed E-state index contributed by atoms with van der Waals surface area (Å²) in [6.07, 6.45) is 0. The minimum absolute atomic E-state index is 0.789. The van der Waals surface area contributed by atoms with E-state index in [1.807, 2.05) is 12.1 Å². The molecule has 4 aromatic carbocycles. The summed E-state index contributed by atoms with van der Waals surface area (Å²) in [7, 11) is 0. The number of morpholine rings is 1. The zero-order chi connectivity index (χ0) is 21.1. The standard InChI is InChI=1S/C28H22N2O2/c1-2-6-22-19(5-1)9-14-24-26(22)30(27-23-7-3-4-8-25(23)32-28(24)27)21-12-10-20(11-13-21)29-15-17-31-18-16-29/h1-14H,15-18H2. The molecule has 1 saturated heterocycles. The largest absolute Gasteiger partial charge is 0.454 e. The third-order valence-corrected chi connectivity index (χ3v) is 6.65. The number of para-hydroxylation sites is 1.